The number of ether oxygens (including phenoxy) is 2. The van der Waals surface area contributed by atoms with E-state index in [0.717, 1.165) is 37.0 Å². The fraction of sp³-hybridized carbons (Fsp3) is 0.500. The van der Waals surface area contributed by atoms with Gasteiger partial charge in [-0.2, -0.15) is 0 Å². The Kier molecular flexibility index (Phi) is 7.16. The number of rotatable bonds is 10. The van der Waals surface area contributed by atoms with E-state index in [0.29, 0.717) is 11.4 Å². The molecule has 4 aliphatic carbocycles. The Bertz CT molecular complexity index is 1190. The van der Waals surface area contributed by atoms with E-state index in [1.807, 2.05) is 0 Å². The molecule has 0 unspecified atom stereocenters. The Hall–Kier alpha value is -3.07. The second-order valence-corrected chi connectivity index (χ2v) is 12.5. The molecule has 2 aromatic rings. The van der Waals surface area contributed by atoms with E-state index >= 15 is 0 Å². The van der Waals surface area contributed by atoms with Gasteiger partial charge in [0.25, 0.3) is 15.9 Å². The molecule has 0 radical (unpaired) electrons. The molecule has 6 rings (SSSR count). The minimum absolute atomic E-state index is 0.114. The van der Waals surface area contributed by atoms with Gasteiger partial charge < -0.3 is 14.8 Å². The maximum atomic E-state index is 13.0. The molecule has 4 saturated carbocycles. The first-order valence-corrected chi connectivity index (χ1v) is 14.5. The largest absolute Gasteiger partial charge is 0.482 e. The van der Waals surface area contributed by atoms with Crippen molar-refractivity contribution in [3.8, 4) is 5.75 Å². The number of hydrogen-bond donors (Lipinski definition) is 1. The van der Waals surface area contributed by atoms with Gasteiger partial charge in [0.1, 0.15) is 5.75 Å². The zero-order chi connectivity index (χ0) is 26.0. The summed E-state index contributed by atoms with van der Waals surface area (Å²) in [6.07, 6.45) is 7.00. The Balaban J connectivity index is 1.09. The number of benzene rings is 2. The highest BCUT2D eigenvalue weighted by Crippen LogP contribution is 2.55. The number of nitrogens with zero attached hydrogens (tertiary/aromatic N) is 1. The number of nitrogens with one attached hydrogen (secondary N) is 1. The molecule has 0 heterocycles. The molecule has 1 N–H and O–H groups in total. The molecule has 0 atom stereocenters. The van der Waals surface area contributed by atoms with Gasteiger partial charge in [-0.25, -0.2) is 13.2 Å². The lowest BCUT2D eigenvalue weighted by molar-refractivity contribution is -0.151. The molecule has 198 valence electrons. The minimum atomic E-state index is -3.70. The van der Waals surface area contributed by atoms with Crippen LogP contribution in [-0.4, -0.2) is 45.6 Å². The number of carbonyl (C=O) groups is 2. The Morgan fingerprint density at radius 1 is 0.919 bits per heavy atom. The summed E-state index contributed by atoms with van der Waals surface area (Å²) in [4.78, 5) is 24.9. The van der Waals surface area contributed by atoms with Crippen LogP contribution in [0.5, 0.6) is 5.75 Å². The van der Waals surface area contributed by atoms with Crippen molar-refractivity contribution in [1.29, 1.82) is 0 Å². The Labute approximate surface area is 218 Å². The standard InChI is InChI=1S/C28H34N2O6S/c1-2-30(37(33,34)25-6-4-3-5-7-25)23-8-10-24(11-9-23)35-19-27(32)36-18-26(31)29-28-15-20-12-21(16-28)14-22(13-20)17-28/h3-11,20-22H,2,12-19H2,1H3,(H,29,31). The highest BCUT2D eigenvalue weighted by molar-refractivity contribution is 7.92. The lowest BCUT2D eigenvalue weighted by Gasteiger charge is -2.56. The lowest BCUT2D eigenvalue weighted by Crippen LogP contribution is -2.60. The number of esters is 1. The summed E-state index contributed by atoms with van der Waals surface area (Å²) >= 11 is 0. The van der Waals surface area contributed by atoms with Crippen molar-refractivity contribution in [2.75, 3.05) is 24.1 Å². The van der Waals surface area contributed by atoms with Gasteiger partial charge in [-0.3, -0.25) is 9.10 Å². The Morgan fingerprint density at radius 2 is 1.51 bits per heavy atom. The first kappa shape index (κ1) is 25.6. The summed E-state index contributed by atoms with van der Waals surface area (Å²) in [6.45, 7) is 1.37. The van der Waals surface area contributed by atoms with E-state index in [4.69, 9.17) is 9.47 Å². The van der Waals surface area contributed by atoms with Crippen molar-refractivity contribution < 1.29 is 27.5 Å². The van der Waals surface area contributed by atoms with Crippen LogP contribution in [0.25, 0.3) is 0 Å². The third kappa shape index (κ3) is 5.61. The number of amides is 1. The van der Waals surface area contributed by atoms with Crippen molar-refractivity contribution in [1.82, 2.24) is 5.32 Å². The third-order valence-electron chi connectivity index (χ3n) is 7.91. The van der Waals surface area contributed by atoms with Gasteiger partial charge in [0, 0.05) is 12.1 Å². The maximum absolute atomic E-state index is 13.0. The van der Waals surface area contributed by atoms with E-state index in [-0.39, 0.29) is 36.1 Å². The van der Waals surface area contributed by atoms with Crippen LogP contribution < -0.4 is 14.4 Å². The van der Waals surface area contributed by atoms with Crippen molar-refractivity contribution in [3.63, 3.8) is 0 Å². The molecular weight excluding hydrogens is 492 g/mol. The summed E-state index contributed by atoms with van der Waals surface area (Å²) in [5, 5.41) is 3.19. The summed E-state index contributed by atoms with van der Waals surface area (Å²) in [5.74, 6) is 1.67. The lowest BCUT2D eigenvalue weighted by atomic mass is 9.53. The molecule has 0 saturated heterocycles. The molecule has 4 aliphatic rings. The minimum Gasteiger partial charge on any atom is -0.482 e. The highest BCUT2D eigenvalue weighted by atomic mass is 32.2. The van der Waals surface area contributed by atoms with Crippen LogP contribution >= 0.6 is 0 Å². The zero-order valence-electron chi connectivity index (χ0n) is 21.1. The van der Waals surface area contributed by atoms with E-state index in [9.17, 15) is 18.0 Å². The number of carbonyl (C=O) groups excluding carboxylic acids is 2. The molecule has 0 aromatic heterocycles. The van der Waals surface area contributed by atoms with Gasteiger partial charge in [-0.05, 0) is 99.6 Å². The van der Waals surface area contributed by atoms with Crippen LogP contribution in [-0.2, 0) is 24.3 Å². The van der Waals surface area contributed by atoms with Crippen molar-refractivity contribution in [2.24, 2.45) is 17.8 Å². The topological polar surface area (TPSA) is 102 Å². The van der Waals surface area contributed by atoms with E-state index < -0.39 is 16.0 Å². The van der Waals surface area contributed by atoms with E-state index in [1.165, 1.54) is 23.6 Å². The number of anilines is 1. The van der Waals surface area contributed by atoms with Crippen LogP contribution in [0.3, 0.4) is 0 Å². The average Bonchev–Trinajstić information content (AvgIpc) is 2.87. The fourth-order valence-electron chi connectivity index (χ4n) is 6.85. The zero-order valence-corrected chi connectivity index (χ0v) is 21.9. The molecule has 9 heteroatoms. The third-order valence-corrected chi connectivity index (χ3v) is 9.82. The van der Waals surface area contributed by atoms with Crippen LogP contribution in [0.1, 0.15) is 45.4 Å². The van der Waals surface area contributed by atoms with Gasteiger partial charge in [0.05, 0.1) is 10.6 Å². The second kappa shape index (κ2) is 10.4. The van der Waals surface area contributed by atoms with Crippen LogP contribution in [0.15, 0.2) is 59.5 Å². The van der Waals surface area contributed by atoms with Gasteiger partial charge in [-0.15, -0.1) is 0 Å². The normalized spacial score (nSPS) is 25.9. The SMILES string of the molecule is CCN(c1ccc(OCC(=O)OCC(=O)NC23CC4CC(CC(C4)C2)C3)cc1)S(=O)(=O)c1ccccc1. The molecule has 4 bridgehead atoms. The van der Waals surface area contributed by atoms with Gasteiger partial charge in [0.15, 0.2) is 13.2 Å². The average molecular weight is 527 g/mol. The second-order valence-electron chi connectivity index (χ2n) is 10.7. The van der Waals surface area contributed by atoms with Crippen LogP contribution in [0.2, 0.25) is 0 Å². The first-order valence-electron chi connectivity index (χ1n) is 13.0. The number of sulfonamides is 1. The molecule has 0 aliphatic heterocycles. The van der Waals surface area contributed by atoms with Crippen LogP contribution in [0.4, 0.5) is 5.69 Å². The molecule has 8 nitrogen and oxygen atoms in total. The summed E-state index contributed by atoms with van der Waals surface area (Å²) < 4.78 is 37.9. The quantitative estimate of drug-likeness (QED) is 0.471. The van der Waals surface area contributed by atoms with E-state index in [1.54, 1.807) is 61.5 Å². The number of hydrogen-bond acceptors (Lipinski definition) is 6. The molecule has 4 fully saturated rings. The summed E-state index contributed by atoms with van der Waals surface area (Å²) in [5.41, 5.74) is 0.374. The molecule has 2 aromatic carbocycles. The van der Waals surface area contributed by atoms with Gasteiger partial charge >= 0.3 is 5.97 Å². The van der Waals surface area contributed by atoms with Crippen molar-refractivity contribution in [3.05, 3.63) is 54.6 Å². The Morgan fingerprint density at radius 3 is 2.08 bits per heavy atom. The monoisotopic (exact) mass is 526 g/mol. The molecule has 1 amide bonds. The van der Waals surface area contributed by atoms with Crippen molar-refractivity contribution in [2.45, 2.75) is 55.9 Å². The van der Waals surface area contributed by atoms with Crippen LogP contribution in [0, 0.1) is 17.8 Å². The summed E-state index contributed by atoms with van der Waals surface area (Å²) in [7, 11) is -3.70. The van der Waals surface area contributed by atoms with E-state index in [2.05, 4.69) is 5.32 Å². The molecule has 37 heavy (non-hydrogen) atoms. The highest BCUT2D eigenvalue weighted by Gasteiger charge is 2.51. The van der Waals surface area contributed by atoms with Gasteiger partial charge in [0.2, 0.25) is 0 Å². The molecular formula is C28H34N2O6S. The molecule has 0 spiro atoms. The fourth-order valence-corrected chi connectivity index (χ4v) is 8.34. The summed E-state index contributed by atoms with van der Waals surface area (Å²) in [6, 6.07) is 14.7. The maximum Gasteiger partial charge on any atom is 0.344 e. The first-order chi connectivity index (χ1) is 17.8. The predicted octanol–water partition coefficient (Wildman–Crippen LogP) is 3.91. The smallest absolute Gasteiger partial charge is 0.344 e. The van der Waals surface area contributed by atoms with Gasteiger partial charge in [-0.1, -0.05) is 18.2 Å². The predicted molar refractivity (Wildman–Crippen MR) is 139 cm³/mol. The van der Waals surface area contributed by atoms with Crippen molar-refractivity contribution >= 4 is 27.6 Å².